The summed E-state index contributed by atoms with van der Waals surface area (Å²) in [6.07, 6.45) is 6.42. The first-order chi connectivity index (χ1) is 12.1. The Balaban J connectivity index is 1.73. The second-order valence-corrected chi connectivity index (χ2v) is 7.53. The van der Waals surface area contributed by atoms with Crippen molar-refractivity contribution in [3.63, 3.8) is 0 Å². The molecule has 25 heavy (non-hydrogen) atoms. The topological polar surface area (TPSA) is 46.8 Å². The minimum atomic E-state index is 0.654. The summed E-state index contributed by atoms with van der Waals surface area (Å²) in [7, 11) is 0. The van der Waals surface area contributed by atoms with E-state index in [-0.39, 0.29) is 0 Å². The minimum absolute atomic E-state index is 0.654. The zero-order valence-corrected chi connectivity index (χ0v) is 16.1. The van der Waals surface area contributed by atoms with Crippen LogP contribution < -0.4 is 0 Å². The number of hydrogen-bond acceptors (Lipinski definition) is 4. The van der Waals surface area contributed by atoms with Crippen LogP contribution in [0.3, 0.4) is 0 Å². The zero-order chi connectivity index (χ0) is 17.8. The van der Waals surface area contributed by atoms with Crippen molar-refractivity contribution >= 4 is 0 Å². The van der Waals surface area contributed by atoms with Gasteiger partial charge in [-0.1, -0.05) is 6.92 Å². The number of likely N-dealkylation sites (tertiary alicyclic amines) is 1. The van der Waals surface area contributed by atoms with Gasteiger partial charge >= 0.3 is 0 Å². The number of aromatic nitrogens is 4. The second kappa shape index (κ2) is 8.09. The molecule has 0 unspecified atom stereocenters. The zero-order valence-electron chi connectivity index (χ0n) is 16.1. The van der Waals surface area contributed by atoms with Gasteiger partial charge in [-0.05, 0) is 71.2 Å². The molecule has 136 valence electrons. The number of aryl methyl sites for hydroxylation is 2. The Morgan fingerprint density at radius 1 is 1.20 bits per heavy atom. The molecule has 0 atom stereocenters. The van der Waals surface area contributed by atoms with Crippen molar-refractivity contribution in [1.82, 2.24) is 24.6 Å². The van der Waals surface area contributed by atoms with Gasteiger partial charge in [-0.3, -0.25) is 4.68 Å². The summed E-state index contributed by atoms with van der Waals surface area (Å²) >= 11 is 0. The normalized spacial score (nSPS) is 16.7. The molecule has 1 saturated heterocycles. The lowest BCUT2D eigenvalue weighted by Gasteiger charge is -2.34. The van der Waals surface area contributed by atoms with Crippen LogP contribution in [-0.2, 0) is 13.0 Å². The van der Waals surface area contributed by atoms with Gasteiger partial charge in [0.2, 0.25) is 0 Å². The van der Waals surface area contributed by atoms with Crippen molar-refractivity contribution in [1.29, 1.82) is 0 Å². The van der Waals surface area contributed by atoms with Crippen LogP contribution in [0.5, 0.6) is 0 Å². The lowest BCUT2D eigenvalue weighted by Crippen LogP contribution is -2.39. The molecule has 1 aliphatic heterocycles. The summed E-state index contributed by atoms with van der Waals surface area (Å²) in [5.74, 6) is 1.69. The molecule has 0 aliphatic carbocycles. The van der Waals surface area contributed by atoms with Crippen LogP contribution in [-0.4, -0.2) is 43.8 Å². The van der Waals surface area contributed by atoms with Crippen LogP contribution in [0.1, 0.15) is 51.6 Å². The highest BCUT2D eigenvalue weighted by atomic mass is 15.3. The van der Waals surface area contributed by atoms with E-state index in [1.54, 1.807) is 0 Å². The van der Waals surface area contributed by atoms with Crippen LogP contribution in [0.4, 0.5) is 0 Å². The lowest BCUT2D eigenvalue weighted by atomic mass is 9.92. The summed E-state index contributed by atoms with van der Waals surface area (Å²) < 4.78 is 2.05. The number of nitrogens with zero attached hydrogens (tertiary/aromatic N) is 5. The van der Waals surface area contributed by atoms with Crippen LogP contribution in [0, 0.1) is 12.8 Å². The summed E-state index contributed by atoms with van der Waals surface area (Å²) in [6, 6.07) is 4.79. The van der Waals surface area contributed by atoms with Gasteiger partial charge < -0.3 is 4.90 Å². The van der Waals surface area contributed by atoms with E-state index < -0.39 is 0 Å². The van der Waals surface area contributed by atoms with Crippen molar-refractivity contribution in [2.75, 3.05) is 13.1 Å². The van der Waals surface area contributed by atoms with E-state index in [2.05, 4.69) is 49.8 Å². The van der Waals surface area contributed by atoms with E-state index in [9.17, 15) is 0 Å². The van der Waals surface area contributed by atoms with Gasteiger partial charge in [-0.25, -0.2) is 9.97 Å². The van der Waals surface area contributed by atoms with Crippen LogP contribution in [0.15, 0.2) is 18.3 Å². The van der Waals surface area contributed by atoms with Crippen molar-refractivity contribution < 1.29 is 0 Å². The predicted octanol–water partition coefficient (Wildman–Crippen LogP) is 3.72. The Kier molecular flexibility index (Phi) is 5.84. The SMILES string of the molecule is CCCn1nccc1-c1cc(C)nc(CC2CCN(C(C)C)CC2)n1. The molecule has 0 bridgehead atoms. The third-order valence-electron chi connectivity index (χ3n) is 5.17. The predicted molar refractivity (Wildman–Crippen MR) is 101 cm³/mol. The first-order valence-electron chi connectivity index (χ1n) is 9.67. The summed E-state index contributed by atoms with van der Waals surface area (Å²) in [6.45, 7) is 12.1. The first-order valence-corrected chi connectivity index (χ1v) is 9.67. The molecule has 3 heterocycles. The van der Waals surface area contributed by atoms with E-state index in [0.717, 1.165) is 42.3 Å². The van der Waals surface area contributed by atoms with Crippen molar-refractivity contribution in [3.8, 4) is 11.4 Å². The Morgan fingerprint density at radius 2 is 1.96 bits per heavy atom. The standard InChI is InChI=1S/C20H31N5/c1-5-10-25-19(6-9-21-25)18-13-16(4)22-20(23-18)14-17-7-11-24(12-8-17)15(2)3/h6,9,13,15,17H,5,7-8,10-12,14H2,1-4H3. The molecule has 0 N–H and O–H groups in total. The molecule has 0 spiro atoms. The van der Waals surface area contributed by atoms with Gasteiger partial charge in [-0.2, -0.15) is 5.10 Å². The molecule has 2 aromatic rings. The molecule has 2 aromatic heterocycles. The van der Waals surface area contributed by atoms with E-state index in [1.165, 1.54) is 25.9 Å². The van der Waals surface area contributed by atoms with Crippen molar-refractivity contribution in [2.45, 2.75) is 66.0 Å². The Labute approximate surface area is 151 Å². The Hall–Kier alpha value is -1.75. The van der Waals surface area contributed by atoms with E-state index in [1.807, 2.05) is 10.9 Å². The van der Waals surface area contributed by atoms with Gasteiger partial charge in [0.15, 0.2) is 0 Å². The third kappa shape index (κ3) is 4.46. The van der Waals surface area contributed by atoms with Gasteiger partial charge in [0, 0.05) is 30.9 Å². The molecule has 1 aliphatic rings. The summed E-state index contributed by atoms with van der Waals surface area (Å²) in [5, 5.41) is 4.43. The highest BCUT2D eigenvalue weighted by molar-refractivity contribution is 5.54. The molecule has 0 aromatic carbocycles. The van der Waals surface area contributed by atoms with Crippen molar-refractivity contribution in [3.05, 3.63) is 29.8 Å². The molecule has 0 saturated carbocycles. The van der Waals surface area contributed by atoms with Crippen molar-refractivity contribution in [2.24, 2.45) is 5.92 Å². The molecule has 0 amide bonds. The Bertz CT molecular complexity index is 683. The van der Waals surface area contributed by atoms with Gasteiger partial charge in [0.1, 0.15) is 5.82 Å². The van der Waals surface area contributed by atoms with Gasteiger partial charge in [0.05, 0.1) is 11.4 Å². The lowest BCUT2D eigenvalue weighted by molar-refractivity contribution is 0.148. The maximum absolute atomic E-state index is 4.88. The molecule has 0 radical (unpaired) electrons. The van der Waals surface area contributed by atoms with E-state index >= 15 is 0 Å². The fourth-order valence-electron chi connectivity index (χ4n) is 3.72. The van der Waals surface area contributed by atoms with Crippen LogP contribution in [0.2, 0.25) is 0 Å². The highest BCUT2D eigenvalue weighted by Crippen LogP contribution is 2.24. The fourth-order valence-corrected chi connectivity index (χ4v) is 3.72. The highest BCUT2D eigenvalue weighted by Gasteiger charge is 2.22. The largest absolute Gasteiger partial charge is 0.301 e. The monoisotopic (exact) mass is 341 g/mol. The summed E-state index contributed by atoms with van der Waals surface area (Å²) in [5.41, 5.74) is 3.15. The molecule has 1 fully saturated rings. The molecular weight excluding hydrogens is 310 g/mol. The second-order valence-electron chi connectivity index (χ2n) is 7.53. The summed E-state index contributed by atoms with van der Waals surface area (Å²) in [4.78, 5) is 12.2. The Morgan fingerprint density at radius 3 is 2.64 bits per heavy atom. The molecular formula is C20H31N5. The average molecular weight is 342 g/mol. The maximum atomic E-state index is 4.88. The number of hydrogen-bond donors (Lipinski definition) is 0. The number of rotatable bonds is 6. The van der Waals surface area contributed by atoms with Crippen LogP contribution in [0.25, 0.3) is 11.4 Å². The average Bonchev–Trinajstić information content (AvgIpc) is 3.03. The minimum Gasteiger partial charge on any atom is -0.301 e. The van der Waals surface area contributed by atoms with E-state index in [4.69, 9.17) is 9.97 Å². The molecule has 5 heteroatoms. The molecule has 5 nitrogen and oxygen atoms in total. The van der Waals surface area contributed by atoms with Gasteiger partial charge in [-0.15, -0.1) is 0 Å². The number of piperidine rings is 1. The quantitative estimate of drug-likeness (QED) is 0.803. The van der Waals surface area contributed by atoms with Gasteiger partial charge in [0.25, 0.3) is 0 Å². The third-order valence-corrected chi connectivity index (χ3v) is 5.17. The van der Waals surface area contributed by atoms with E-state index in [0.29, 0.717) is 12.0 Å². The van der Waals surface area contributed by atoms with Crippen LogP contribution >= 0.6 is 0 Å². The first kappa shape index (κ1) is 18.1. The maximum Gasteiger partial charge on any atom is 0.129 e. The fraction of sp³-hybridized carbons (Fsp3) is 0.650. The molecule has 3 rings (SSSR count). The smallest absolute Gasteiger partial charge is 0.129 e.